The SMILES string of the molecule is CC(C)(C)OC(=O)Nc1ccc(N2CCSCC2)c(C(=O)O)c1. The quantitative estimate of drug-likeness (QED) is 0.880. The van der Waals surface area contributed by atoms with Crippen LogP contribution >= 0.6 is 11.8 Å². The lowest BCUT2D eigenvalue weighted by Crippen LogP contribution is -2.33. The van der Waals surface area contributed by atoms with E-state index in [9.17, 15) is 14.7 Å². The minimum atomic E-state index is -1.01. The third-order valence-electron chi connectivity index (χ3n) is 3.22. The number of nitrogens with one attached hydrogen (secondary N) is 1. The molecule has 1 fully saturated rings. The van der Waals surface area contributed by atoms with Gasteiger partial charge in [0.1, 0.15) is 5.60 Å². The van der Waals surface area contributed by atoms with E-state index in [1.54, 1.807) is 32.9 Å². The second kappa shape index (κ2) is 7.12. The van der Waals surface area contributed by atoms with Crippen molar-refractivity contribution in [3.05, 3.63) is 23.8 Å². The van der Waals surface area contributed by atoms with Gasteiger partial charge in [0.2, 0.25) is 0 Å². The van der Waals surface area contributed by atoms with Crippen LogP contribution in [0, 0.1) is 0 Å². The van der Waals surface area contributed by atoms with Crippen molar-refractivity contribution in [2.75, 3.05) is 34.8 Å². The number of carbonyl (C=O) groups is 2. The van der Waals surface area contributed by atoms with Gasteiger partial charge in [0, 0.05) is 30.3 Å². The molecule has 126 valence electrons. The van der Waals surface area contributed by atoms with Gasteiger partial charge in [0.15, 0.2) is 0 Å². The van der Waals surface area contributed by atoms with Gasteiger partial charge >= 0.3 is 12.1 Å². The van der Waals surface area contributed by atoms with Crippen molar-refractivity contribution >= 4 is 35.2 Å². The minimum Gasteiger partial charge on any atom is -0.478 e. The van der Waals surface area contributed by atoms with Crippen LogP contribution in [0.4, 0.5) is 16.2 Å². The average molecular weight is 338 g/mol. The summed E-state index contributed by atoms with van der Waals surface area (Å²) in [7, 11) is 0. The molecule has 1 amide bonds. The molecule has 0 radical (unpaired) electrons. The predicted molar refractivity (Wildman–Crippen MR) is 92.8 cm³/mol. The second-order valence-electron chi connectivity index (χ2n) is 6.26. The molecule has 1 aliphatic rings. The average Bonchev–Trinajstić information content (AvgIpc) is 2.46. The Hall–Kier alpha value is -1.89. The number of anilines is 2. The van der Waals surface area contributed by atoms with Crippen molar-refractivity contribution in [1.29, 1.82) is 0 Å². The maximum atomic E-state index is 11.8. The molecular formula is C16H22N2O4S. The number of aromatic carboxylic acids is 1. The summed E-state index contributed by atoms with van der Waals surface area (Å²) in [5.41, 5.74) is 0.676. The number of nitrogens with zero attached hydrogens (tertiary/aromatic N) is 1. The van der Waals surface area contributed by atoms with Gasteiger partial charge < -0.3 is 14.7 Å². The Kier molecular flexibility index (Phi) is 5.41. The summed E-state index contributed by atoms with van der Waals surface area (Å²) in [5, 5.41) is 12.0. The number of benzene rings is 1. The Morgan fingerprint density at radius 1 is 1.26 bits per heavy atom. The van der Waals surface area contributed by atoms with Gasteiger partial charge in [-0.1, -0.05) is 0 Å². The highest BCUT2D eigenvalue weighted by Gasteiger charge is 2.20. The molecule has 7 heteroatoms. The molecule has 0 unspecified atom stereocenters. The molecule has 0 atom stereocenters. The second-order valence-corrected chi connectivity index (χ2v) is 7.49. The number of carboxylic acid groups (broad SMARTS) is 1. The monoisotopic (exact) mass is 338 g/mol. The van der Waals surface area contributed by atoms with Gasteiger partial charge in [-0.2, -0.15) is 11.8 Å². The first-order valence-electron chi connectivity index (χ1n) is 7.46. The fraction of sp³-hybridized carbons (Fsp3) is 0.500. The van der Waals surface area contributed by atoms with Crippen LogP contribution in [0.1, 0.15) is 31.1 Å². The standard InChI is InChI=1S/C16H22N2O4S/c1-16(2,3)22-15(21)17-11-4-5-13(12(10-11)14(19)20)18-6-8-23-9-7-18/h4-5,10H,6-9H2,1-3H3,(H,17,21)(H,19,20). The first-order chi connectivity index (χ1) is 10.8. The summed E-state index contributed by atoms with van der Waals surface area (Å²) in [5.74, 6) is 0.958. The Morgan fingerprint density at radius 3 is 2.48 bits per heavy atom. The Morgan fingerprint density at radius 2 is 1.91 bits per heavy atom. The molecule has 2 N–H and O–H groups in total. The summed E-state index contributed by atoms with van der Waals surface area (Å²) in [6, 6.07) is 4.92. The molecule has 0 aliphatic carbocycles. The van der Waals surface area contributed by atoms with Crippen LogP contribution in [-0.2, 0) is 4.74 Å². The lowest BCUT2D eigenvalue weighted by molar-refractivity contribution is 0.0633. The third-order valence-corrected chi connectivity index (χ3v) is 4.17. The van der Waals surface area contributed by atoms with Gasteiger partial charge in [-0.25, -0.2) is 9.59 Å². The van der Waals surface area contributed by atoms with Gasteiger partial charge in [-0.3, -0.25) is 5.32 Å². The van der Waals surface area contributed by atoms with E-state index in [1.165, 1.54) is 6.07 Å². The molecular weight excluding hydrogens is 316 g/mol. The van der Waals surface area contributed by atoms with Crippen molar-refractivity contribution in [2.24, 2.45) is 0 Å². The number of hydrogen-bond acceptors (Lipinski definition) is 5. The summed E-state index contributed by atoms with van der Waals surface area (Å²) < 4.78 is 5.18. The lowest BCUT2D eigenvalue weighted by Gasteiger charge is -2.29. The fourth-order valence-electron chi connectivity index (χ4n) is 2.29. The van der Waals surface area contributed by atoms with Crippen molar-refractivity contribution in [1.82, 2.24) is 0 Å². The van der Waals surface area contributed by atoms with Crippen molar-refractivity contribution in [3.8, 4) is 0 Å². The van der Waals surface area contributed by atoms with Gasteiger partial charge in [0.25, 0.3) is 0 Å². The van der Waals surface area contributed by atoms with E-state index in [1.807, 2.05) is 11.8 Å². The first kappa shape index (κ1) is 17.5. The van der Waals surface area contributed by atoms with Crippen molar-refractivity contribution in [3.63, 3.8) is 0 Å². The summed E-state index contributed by atoms with van der Waals surface area (Å²) in [6.45, 7) is 6.96. The van der Waals surface area contributed by atoms with Gasteiger partial charge in [-0.05, 0) is 39.0 Å². The van der Waals surface area contributed by atoms with Crippen LogP contribution < -0.4 is 10.2 Å². The molecule has 23 heavy (non-hydrogen) atoms. The third kappa shape index (κ3) is 5.06. The number of amides is 1. The smallest absolute Gasteiger partial charge is 0.412 e. The number of thioether (sulfide) groups is 1. The largest absolute Gasteiger partial charge is 0.478 e. The number of carboxylic acids is 1. The van der Waals surface area contributed by atoms with Crippen LogP contribution in [0.2, 0.25) is 0 Å². The van der Waals surface area contributed by atoms with Crippen LogP contribution in [0.15, 0.2) is 18.2 Å². The molecule has 2 rings (SSSR count). The Bertz CT molecular complexity index is 592. The van der Waals surface area contributed by atoms with Crippen LogP contribution in [0.3, 0.4) is 0 Å². The highest BCUT2D eigenvalue weighted by molar-refractivity contribution is 7.99. The van der Waals surface area contributed by atoms with E-state index in [2.05, 4.69) is 10.2 Å². The normalized spacial score (nSPS) is 15.2. The highest BCUT2D eigenvalue weighted by atomic mass is 32.2. The molecule has 0 aromatic heterocycles. The summed E-state index contributed by atoms with van der Waals surface area (Å²) in [4.78, 5) is 25.4. The molecule has 6 nitrogen and oxygen atoms in total. The number of carbonyl (C=O) groups excluding carboxylic acids is 1. The van der Waals surface area contributed by atoms with Crippen molar-refractivity contribution < 1.29 is 19.4 Å². The molecule has 1 saturated heterocycles. The minimum absolute atomic E-state index is 0.186. The van der Waals surface area contributed by atoms with Crippen LogP contribution in [0.5, 0.6) is 0 Å². The summed E-state index contributed by atoms with van der Waals surface area (Å²) in [6.07, 6.45) is -0.601. The van der Waals surface area contributed by atoms with Crippen molar-refractivity contribution in [2.45, 2.75) is 26.4 Å². The zero-order valence-corrected chi connectivity index (χ0v) is 14.4. The molecule has 0 spiro atoms. The Labute approximate surface area is 140 Å². The van der Waals surface area contributed by atoms with Gasteiger partial charge in [0.05, 0.1) is 11.3 Å². The van der Waals surface area contributed by atoms with E-state index < -0.39 is 17.7 Å². The number of rotatable bonds is 3. The zero-order chi connectivity index (χ0) is 17.0. The number of hydrogen-bond donors (Lipinski definition) is 2. The van der Waals surface area contributed by atoms with E-state index in [4.69, 9.17) is 4.74 Å². The molecule has 1 aromatic carbocycles. The fourth-order valence-corrected chi connectivity index (χ4v) is 3.19. The van der Waals surface area contributed by atoms with Crippen LogP contribution in [0.25, 0.3) is 0 Å². The molecule has 1 aliphatic heterocycles. The topological polar surface area (TPSA) is 78.9 Å². The maximum Gasteiger partial charge on any atom is 0.412 e. The molecule has 1 heterocycles. The first-order valence-corrected chi connectivity index (χ1v) is 8.62. The van der Waals surface area contributed by atoms with Gasteiger partial charge in [-0.15, -0.1) is 0 Å². The maximum absolute atomic E-state index is 11.8. The summed E-state index contributed by atoms with van der Waals surface area (Å²) >= 11 is 1.86. The molecule has 0 saturated carbocycles. The Balaban J connectivity index is 2.18. The van der Waals surface area contributed by atoms with E-state index in [0.29, 0.717) is 11.4 Å². The van der Waals surface area contributed by atoms with E-state index >= 15 is 0 Å². The van der Waals surface area contributed by atoms with Crippen LogP contribution in [-0.4, -0.2) is 47.4 Å². The number of ether oxygens (including phenoxy) is 1. The lowest BCUT2D eigenvalue weighted by atomic mass is 10.1. The predicted octanol–water partition coefficient (Wildman–Crippen LogP) is 3.29. The molecule has 1 aromatic rings. The van der Waals surface area contributed by atoms with E-state index in [-0.39, 0.29) is 5.56 Å². The molecule has 0 bridgehead atoms. The highest BCUT2D eigenvalue weighted by Crippen LogP contribution is 2.27. The van der Waals surface area contributed by atoms with E-state index in [0.717, 1.165) is 24.6 Å². The zero-order valence-electron chi connectivity index (χ0n) is 13.6.